The number of ether oxygens (including phenoxy) is 2. The molecule has 0 spiro atoms. The first-order valence-corrected chi connectivity index (χ1v) is 12.2. The molecule has 2 atom stereocenters. The molecule has 1 saturated heterocycles. The molecule has 1 fully saturated rings. The fourth-order valence-electron chi connectivity index (χ4n) is 5.23. The van der Waals surface area contributed by atoms with E-state index in [4.69, 9.17) is 9.47 Å². The highest BCUT2D eigenvalue weighted by molar-refractivity contribution is 5.50. The Morgan fingerprint density at radius 1 is 0.879 bits per heavy atom. The number of fused-ring (bicyclic) bond motifs is 1. The Kier molecular flexibility index (Phi) is 6.82. The molecule has 0 saturated carbocycles. The first kappa shape index (κ1) is 21.8. The maximum absolute atomic E-state index is 9.95. The smallest absolute Gasteiger partial charge is 0.126 e. The molecule has 4 heteroatoms. The topological polar surface area (TPSA) is 41.9 Å². The molecule has 172 valence electrons. The molecule has 3 aromatic carbocycles. The maximum atomic E-state index is 9.95. The van der Waals surface area contributed by atoms with Crippen molar-refractivity contribution in [3.05, 3.63) is 89.5 Å². The molecule has 3 aromatic rings. The highest BCUT2D eigenvalue weighted by Gasteiger charge is 2.33. The van der Waals surface area contributed by atoms with E-state index in [1.807, 2.05) is 12.1 Å². The van der Waals surface area contributed by atoms with Crippen LogP contribution in [0.4, 0.5) is 0 Å². The van der Waals surface area contributed by atoms with E-state index in [2.05, 4.69) is 53.4 Å². The Bertz CT molecular complexity index is 1030. The molecule has 0 aliphatic carbocycles. The van der Waals surface area contributed by atoms with Crippen molar-refractivity contribution in [2.45, 2.75) is 37.5 Å². The first-order valence-electron chi connectivity index (χ1n) is 12.2. The molecule has 0 amide bonds. The van der Waals surface area contributed by atoms with Crippen molar-refractivity contribution >= 4 is 0 Å². The van der Waals surface area contributed by atoms with Crippen LogP contribution in [0.5, 0.6) is 17.2 Å². The van der Waals surface area contributed by atoms with E-state index >= 15 is 0 Å². The summed E-state index contributed by atoms with van der Waals surface area (Å²) in [6.07, 6.45) is 5.11. The summed E-state index contributed by atoms with van der Waals surface area (Å²) < 4.78 is 12.1. The number of nitrogens with zero attached hydrogens (tertiary/aromatic N) is 1. The fourth-order valence-corrected chi connectivity index (χ4v) is 5.23. The summed E-state index contributed by atoms with van der Waals surface area (Å²) in [6, 6.07) is 24.6. The number of aromatic hydroxyl groups is 1. The van der Waals surface area contributed by atoms with Crippen LogP contribution in [0, 0.1) is 0 Å². The van der Waals surface area contributed by atoms with E-state index in [-0.39, 0.29) is 17.6 Å². The second kappa shape index (κ2) is 10.3. The summed E-state index contributed by atoms with van der Waals surface area (Å²) in [5.74, 6) is 2.29. The number of phenols is 1. The van der Waals surface area contributed by atoms with E-state index in [1.165, 1.54) is 43.5 Å². The molecule has 0 aromatic heterocycles. The highest BCUT2D eigenvalue weighted by atomic mass is 16.5. The van der Waals surface area contributed by atoms with Crippen LogP contribution in [0.1, 0.15) is 54.2 Å². The van der Waals surface area contributed by atoms with Crippen LogP contribution >= 0.6 is 0 Å². The zero-order chi connectivity index (χ0) is 22.5. The Labute approximate surface area is 196 Å². The average Bonchev–Trinajstić information content (AvgIpc) is 2.87. The van der Waals surface area contributed by atoms with Crippen LogP contribution in [0.25, 0.3) is 0 Å². The first-order chi connectivity index (χ1) is 16.3. The molecule has 1 N–H and O–H groups in total. The van der Waals surface area contributed by atoms with Crippen molar-refractivity contribution in [3.63, 3.8) is 0 Å². The zero-order valence-corrected chi connectivity index (χ0v) is 19.2. The SMILES string of the molecule is Oc1ccc2c(c1)OC[C@H](c1ccccc1)[C@H]2c1ccc(OCCCN2CCCCC2)cc1. The monoisotopic (exact) mass is 443 g/mol. The minimum Gasteiger partial charge on any atom is -0.508 e. The van der Waals surface area contributed by atoms with Gasteiger partial charge < -0.3 is 19.5 Å². The number of piperidine rings is 1. The maximum Gasteiger partial charge on any atom is 0.126 e. The Balaban J connectivity index is 1.30. The van der Waals surface area contributed by atoms with Crippen LogP contribution < -0.4 is 9.47 Å². The lowest BCUT2D eigenvalue weighted by molar-refractivity contribution is 0.205. The molecule has 0 bridgehead atoms. The largest absolute Gasteiger partial charge is 0.508 e. The van der Waals surface area contributed by atoms with Gasteiger partial charge in [0.1, 0.15) is 17.2 Å². The molecule has 0 unspecified atom stereocenters. The van der Waals surface area contributed by atoms with Crippen LogP contribution in [-0.4, -0.2) is 42.9 Å². The van der Waals surface area contributed by atoms with Crippen molar-refractivity contribution in [3.8, 4) is 17.2 Å². The van der Waals surface area contributed by atoms with Crippen molar-refractivity contribution in [1.82, 2.24) is 4.90 Å². The van der Waals surface area contributed by atoms with Gasteiger partial charge in [-0.3, -0.25) is 0 Å². The van der Waals surface area contributed by atoms with Gasteiger partial charge in [0.2, 0.25) is 0 Å². The minimum atomic E-state index is 0.157. The second-order valence-electron chi connectivity index (χ2n) is 9.20. The van der Waals surface area contributed by atoms with Crippen molar-refractivity contribution in [1.29, 1.82) is 0 Å². The number of phenolic OH excluding ortho intramolecular Hbond substituents is 1. The van der Waals surface area contributed by atoms with Crippen LogP contribution in [-0.2, 0) is 0 Å². The van der Waals surface area contributed by atoms with Gasteiger partial charge in [-0.1, -0.05) is 55.0 Å². The van der Waals surface area contributed by atoms with Gasteiger partial charge in [-0.15, -0.1) is 0 Å². The number of hydrogen-bond acceptors (Lipinski definition) is 4. The molecule has 2 aliphatic heterocycles. The molecule has 2 aliphatic rings. The predicted molar refractivity (Wildman–Crippen MR) is 131 cm³/mol. The number of hydrogen-bond donors (Lipinski definition) is 1. The van der Waals surface area contributed by atoms with Crippen LogP contribution in [0.15, 0.2) is 72.8 Å². The zero-order valence-electron chi connectivity index (χ0n) is 19.2. The fraction of sp³-hybridized carbons (Fsp3) is 0.379. The molecule has 33 heavy (non-hydrogen) atoms. The van der Waals surface area contributed by atoms with Crippen molar-refractivity contribution in [2.75, 3.05) is 32.8 Å². The van der Waals surface area contributed by atoms with Gasteiger partial charge in [-0.05, 0) is 61.7 Å². The van der Waals surface area contributed by atoms with E-state index < -0.39 is 0 Å². The summed E-state index contributed by atoms with van der Waals surface area (Å²) in [5.41, 5.74) is 3.61. The average molecular weight is 444 g/mol. The van der Waals surface area contributed by atoms with Crippen molar-refractivity contribution < 1.29 is 14.6 Å². The highest BCUT2D eigenvalue weighted by Crippen LogP contribution is 2.47. The minimum absolute atomic E-state index is 0.157. The Morgan fingerprint density at radius 3 is 2.45 bits per heavy atom. The standard InChI is InChI=1S/C29H33NO3/c31-24-12-15-26-28(20-24)33-21-27(22-8-3-1-4-9-22)29(26)23-10-13-25(14-11-23)32-19-7-18-30-16-5-2-6-17-30/h1,3-4,8-15,20,27,29,31H,2,5-7,16-19,21H2/t27-,29+/m1/s1. The van der Waals surface area contributed by atoms with E-state index in [9.17, 15) is 5.11 Å². The summed E-state index contributed by atoms with van der Waals surface area (Å²) in [6.45, 7) is 4.94. The van der Waals surface area contributed by atoms with E-state index in [0.717, 1.165) is 36.6 Å². The van der Waals surface area contributed by atoms with Crippen molar-refractivity contribution in [2.24, 2.45) is 0 Å². The molecule has 0 radical (unpaired) electrons. The third-order valence-electron chi connectivity index (χ3n) is 6.96. The summed E-state index contributed by atoms with van der Waals surface area (Å²) >= 11 is 0. The van der Waals surface area contributed by atoms with Crippen LogP contribution in [0.3, 0.4) is 0 Å². The number of rotatable bonds is 7. The molecular formula is C29H33NO3. The third-order valence-corrected chi connectivity index (χ3v) is 6.96. The summed E-state index contributed by atoms with van der Waals surface area (Å²) in [5, 5.41) is 9.95. The molecule has 4 nitrogen and oxygen atoms in total. The van der Waals surface area contributed by atoms with Crippen LogP contribution in [0.2, 0.25) is 0 Å². The van der Waals surface area contributed by atoms with E-state index in [0.29, 0.717) is 6.61 Å². The molecular weight excluding hydrogens is 410 g/mol. The summed E-state index contributed by atoms with van der Waals surface area (Å²) in [7, 11) is 0. The predicted octanol–water partition coefficient (Wildman–Crippen LogP) is 5.96. The normalized spacial score (nSPS) is 20.6. The van der Waals surface area contributed by atoms with E-state index in [1.54, 1.807) is 12.1 Å². The van der Waals surface area contributed by atoms with Gasteiger partial charge in [0.05, 0.1) is 13.2 Å². The van der Waals surface area contributed by atoms with Gasteiger partial charge in [0, 0.05) is 30.0 Å². The lowest BCUT2D eigenvalue weighted by atomic mass is 9.76. The van der Waals surface area contributed by atoms with Gasteiger partial charge in [0.25, 0.3) is 0 Å². The van der Waals surface area contributed by atoms with Gasteiger partial charge >= 0.3 is 0 Å². The lowest BCUT2D eigenvalue weighted by Gasteiger charge is -2.34. The van der Waals surface area contributed by atoms with Gasteiger partial charge in [0.15, 0.2) is 0 Å². The Morgan fingerprint density at radius 2 is 1.67 bits per heavy atom. The number of benzene rings is 3. The molecule has 5 rings (SSSR count). The van der Waals surface area contributed by atoms with Gasteiger partial charge in [-0.2, -0.15) is 0 Å². The summed E-state index contributed by atoms with van der Waals surface area (Å²) in [4.78, 5) is 2.56. The lowest BCUT2D eigenvalue weighted by Crippen LogP contribution is -2.31. The number of likely N-dealkylation sites (tertiary alicyclic amines) is 1. The third kappa shape index (κ3) is 5.17. The van der Waals surface area contributed by atoms with Gasteiger partial charge in [-0.25, -0.2) is 0 Å². The molecule has 2 heterocycles. The quantitative estimate of drug-likeness (QED) is 0.458. The Hall–Kier alpha value is -2.98. The second-order valence-corrected chi connectivity index (χ2v) is 9.20.